The molecular formula is C10H10N4. The van der Waals surface area contributed by atoms with Crippen molar-refractivity contribution < 1.29 is 0 Å². The number of aromatic nitrogens is 2. The molecule has 0 atom stereocenters. The van der Waals surface area contributed by atoms with Gasteiger partial charge in [0.15, 0.2) is 0 Å². The lowest BCUT2D eigenvalue weighted by atomic mass is 10.3. The molecule has 14 heavy (non-hydrogen) atoms. The second-order valence-corrected chi connectivity index (χ2v) is 2.78. The predicted molar refractivity (Wildman–Crippen MR) is 56.2 cm³/mol. The quantitative estimate of drug-likeness (QED) is 0.702. The molecule has 1 aromatic heterocycles. The molecule has 0 spiro atoms. The van der Waals surface area contributed by atoms with Crippen molar-refractivity contribution in [3.8, 4) is 0 Å². The number of hydrogen-bond donors (Lipinski definition) is 2. The molecule has 0 amide bonds. The van der Waals surface area contributed by atoms with Crippen LogP contribution in [0.3, 0.4) is 0 Å². The van der Waals surface area contributed by atoms with Crippen LogP contribution >= 0.6 is 0 Å². The van der Waals surface area contributed by atoms with E-state index in [9.17, 15) is 0 Å². The molecule has 1 heterocycles. The van der Waals surface area contributed by atoms with Gasteiger partial charge in [0.2, 0.25) is 5.95 Å². The summed E-state index contributed by atoms with van der Waals surface area (Å²) in [6.45, 7) is 0. The molecule has 0 aliphatic carbocycles. The van der Waals surface area contributed by atoms with Crippen LogP contribution in [0.25, 0.3) is 0 Å². The van der Waals surface area contributed by atoms with E-state index in [2.05, 4.69) is 15.3 Å². The summed E-state index contributed by atoms with van der Waals surface area (Å²) in [5.74, 6) is 0.547. The highest BCUT2D eigenvalue weighted by Crippen LogP contribution is 2.19. The molecule has 1 aromatic carbocycles. The van der Waals surface area contributed by atoms with E-state index < -0.39 is 0 Å². The van der Waals surface area contributed by atoms with Gasteiger partial charge in [0.1, 0.15) is 0 Å². The average molecular weight is 186 g/mol. The molecule has 4 heteroatoms. The lowest BCUT2D eigenvalue weighted by Gasteiger charge is -2.06. The van der Waals surface area contributed by atoms with Crippen molar-refractivity contribution in [2.75, 3.05) is 11.1 Å². The van der Waals surface area contributed by atoms with Gasteiger partial charge in [0, 0.05) is 12.4 Å². The second kappa shape index (κ2) is 3.74. The molecule has 0 saturated heterocycles. The number of para-hydroxylation sites is 2. The van der Waals surface area contributed by atoms with Gasteiger partial charge in [-0.1, -0.05) is 12.1 Å². The van der Waals surface area contributed by atoms with Crippen LogP contribution in [-0.4, -0.2) is 9.97 Å². The fourth-order valence-corrected chi connectivity index (χ4v) is 1.09. The first kappa shape index (κ1) is 8.50. The van der Waals surface area contributed by atoms with Crippen molar-refractivity contribution in [2.45, 2.75) is 0 Å². The minimum atomic E-state index is 0.547. The number of anilines is 3. The predicted octanol–water partition coefficient (Wildman–Crippen LogP) is 1.80. The summed E-state index contributed by atoms with van der Waals surface area (Å²) < 4.78 is 0. The van der Waals surface area contributed by atoms with Crippen LogP contribution in [0, 0.1) is 0 Å². The summed E-state index contributed by atoms with van der Waals surface area (Å²) in [6.07, 6.45) is 3.35. The van der Waals surface area contributed by atoms with Crippen molar-refractivity contribution in [2.24, 2.45) is 0 Å². The molecule has 0 bridgehead atoms. The maximum atomic E-state index is 5.75. The first-order valence-corrected chi connectivity index (χ1v) is 4.25. The summed E-state index contributed by atoms with van der Waals surface area (Å²) in [5.41, 5.74) is 7.25. The minimum absolute atomic E-state index is 0.547. The summed E-state index contributed by atoms with van der Waals surface area (Å²) in [5, 5.41) is 3.02. The number of rotatable bonds is 2. The Labute approximate surface area is 81.8 Å². The first-order chi connectivity index (χ1) is 6.86. The third-order valence-electron chi connectivity index (χ3n) is 1.77. The van der Waals surface area contributed by atoms with Gasteiger partial charge >= 0.3 is 0 Å². The smallest absolute Gasteiger partial charge is 0.227 e. The van der Waals surface area contributed by atoms with Crippen LogP contribution in [0.5, 0.6) is 0 Å². The molecule has 0 aliphatic heterocycles. The van der Waals surface area contributed by atoms with E-state index in [0.717, 1.165) is 5.69 Å². The van der Waals surface area contributed by atoms with E-state index in [1.807, 2.05) is 24.3 Å². The molecule has 70 valence electrons. The Balaban J connectivity index is 2.24. The Morgan fingerprint density at radius 1 is 1.00 bits per heavy atom. The Hall–Kier alpha value is -2.10. The third-order valence-corrected chi connectivity index (χ3v) is 1.77. The zero-order valence-corrected chi connectivity index (χ0v) is 7.51. The van der Waals surface area contributed by atoms with Gasteiger partial charge in [-0.3, -0.25) is 0 Å². The van der Waals surface area contributed by atoms with Gasteiger partial charge < -0.3 is 11.1 Å². The monoisotopic (exact) mass is 186 g/mol. The van der Waals surface area contributed by atoms with Crippen molar-refractivity contribution in [3.63, 3.8) is 0 Å². The minimum Gasteiger partial charge on any atom is -0.397 e. The van der Waals surface area contributed by atoms with E-state index in [0.29, 0.717) is 11.6 Å². The number of nitrogens with two attached hydrogens (primary N) is 1. The zero-order valence-electron chi connectivity index (χ0n) is 7.51. The number of nitrogen functional groups attached to an aromatic ring is 1. The molecule has 2 aromatic rings. The van der Waals surface area contributed by atoms with Crippen molar-refractivity contribution in [1.29, 1.82) is 0 Å². The van der Waals surface area contributed by atoms with Crippen molar-refractivity contribution in [1.82, 2.24) is 9.97 Å². The van der Waals surface area contributed by atoms with Crippen molar-refractivity contribution >= 4 is 17.3 Å². The number of benzene rings is 1. The van der Waals surface area contributed by atoms with Crippen molar-refractivity contribution in [3.05, 3.63) is 42.7 Å². The molecule has 0 unspecified atom stereocenters. The van der Waals surface area contributed by atoms with E-state index >= 15 is 0 Å². The van der Waals surface area contributed by atoms with Gasteiger partial charge in [-0.2, -0.15) is 0 Å². The first-order valence-electron chi connectivity index (χ1n) is 4.25. The van der Waals surface area contributed by atoms with Gasteiger partial charge in [0.05, 0.1) is 11.4 Å². The Bertz CT molecular complexity index is 413. The van der Waals surface area contributed by atoms with Crippen LogP contribution in [-0.2, 0) is 0 Å². The summed E-state index contributed by atoms with van der Waals surface area (Å²) in [6, 6.07) is 9.25. The van der Waals surface area contributed by atoms with Gasteiger partial charge in [-0.05, 0) is 18.2 Å². The number of nitrogens with zero attached hydrogens (tertiary/aromatic N) is 2. The lowest BCUT2D eigenvalue weighted by Crippen LogP contribution is -1.98. The summed E-state index contributed by atoms with van der Waals surface area (Å²) in [4.78, 5) is 8.07. The zero-order chi connectivity index (χ0) is 9.80. The average Bonchev–Trinajstić information content (AvgIpc) is 2.23. The highest BCUT2D eigenvalue weighted by atomic mass is 15.1. The van der Waals surface area contributed by atoms with E-state index in [-0.39, 0.29) is 0 Å². The standard InChI is InChI=1S/C10H10N4/c11-8-4-1-2-5-9(8)14-10-12-6-3-7-13-10/h1-7H,11H2,(H,12,13,14). The summed E-state index contributed by atoms with van der Waals surface area (Å²) >= 11 is 0. The number of hydrogen-bond acceptors (Lipinski definition) is 4. The highest BCUT2D eigenvalue weighted by Gasteiger charge is 1.98. The molecule has 3 N–H and O–H groups in total. The fourth-order valence-electron chi connectivity index (χ4n) is 1.09. The van der Waals surface area contributed by atoms with Crippen LogP contribution < -0.4 is 11.1 Å². The second-order valence-electron chi connectivity index (χ2n) is 2.78. The largest absolute Gasteiger partial charge is 0.397 e. The fraction of sp³-hybridized carbons (Fsp3) is 0. The Morgan fingerprint density at radius 2 is 1.71 bits per heavy atom. The Morgan fingerprint density at radius 3 is 2.43 bits per heavy atom. The van der Waals surface area contributed by atoms with E-state index in [4.69, 9.17) is 5.73 Å². The molecule has 0 saturated carbocycles. The maximum absolute atomic E-state index is 5.75. The normalized spacial score (nSPS) is 9.71. The Kier molecular flexibility index (Phi) is 2.27. The number of nitrogens with one attached hydrogen (secondary N) is 1. The van der Waals surface area contributed by atoms with Gasteiger partial charge in [0.25, 0.3) is 0 Å². The lowest BCUT2D eigenvalue weighted by molar-refractivity contribution is 1.17. The van der Waals surface area contributed by atoms with E-state index in [1.165, 1.54) is 0 Å². The molecular weight excluding hydrogens is 176 g/mol. The molecule has 0 fully saturated rings. The molecule has 4 nitrogen and oxygen atoms in total. The van der Waals surface area contributed by atoms with Crippen LogP contribution in [0.4, 0.5) is 17.3 Å². The highest BCUT2D eigenvalue weighted by molar-refractivity contribution is 5.69. The third kappa shape index (κ3) is 1.80. The molecule has 0 aliphatic rings. The van der Waals surface area contributed by atoms with E-state index in [1.54, 1.807) is 18.5 Å². The van der Waals surface area contributed by atoms with Crippen LogP contribution in [0.2, 0.25) is 0 Å². The van der Waals surface area contributed by atoms with Gasteiger partial charge in [-0.15, -0.1) is 0 Å². The van der Waals surface area contributed by atoms with Crippen LogP contribution in [0.15, 0.2) is 42.7 Å². The van der Waals surface area contributed by atoms with Gasteiger partial charge in [-0.25, -0.2) is 9.97 Å². The molecule has 2 rings (SSSR count). The molecule has 0 radical (unpaired) electrons. The maximum Gasteiger partial charge on any atom is 0.227 e. The SMILES string of the molecule is Nc1ccccc1Nc1ncccn1. The summed E-state index contributed by atoms with van der Waals surface area (Å²) in [7, 11) is 0. The van der Waals surface area contributed by atoms with Crippen LogP contribution in [0.1, 0.15) is 0 Å². The topological polar surface area (TPSA) is 63.8 Å².